The van der Waals surface area contributed by atoms with Crippen molar-refractivity contribution in [2.45, 2.75) is 13.8 Å². The lowest BCUT2D eigenvalue weighted by molar-refractivity contribution is 0.100. The van der Waals surface area contributed by atoms with Crippen molar-refractivity contribution in [1.29, 1.82) is 0 Å². The molecule has 0 saturated heterocycles. The molecule has 0 N–H and O–H groups in total. The molecular formula is C11H12O3. The van der Waals surface area contributed by atoms with Gasteiger partial charge in [-0.3, -0.25) is 9.59 Å². The van der Waals surface area contributed by atoms with Gasteiger partial charge in [-0.1, -0.05) is 0 Å². The molecule has 0 saturated carbocycles. The fourth-order valence-electron chi connectivity index (χ4n) is 1.39. The zero-order chi connectivity index (χ0) is 10.7. The molecule has 0 fully saturated rings. The number of benzene rings is 1. The van der Waals surface area contributed by atoms with Crippen molar-refractivity contribution in [2.75, 3.05) is 7.11 Å². The second kappa shape index (κ2) is 4.05. The number of rotatable bonds is 3. The molecule has 1 rings (SSSR count). The van der Waals surface area contributed by atoms with Crippen molar-refractivity contribution in [1.82, 2.24) is 0 Å². The number of aldehydes is 1. The zero-order valence-corrected chi connectivity index (χ0v) is 8.46. The first-order valence-electron chi connectivity index (χ1n) is 4.25. The summed E-state index contributed by atoms with van der Waals surface area (Å²) in [5.74, 6) is 0.509. The molecular weight excluding hydrogens is 180 g/mol. The Kier molecular flexibility index (Phi) is 3.02. The van der Waals surface area contributed by atoms with Gasteiger partial charge >= 0.3 is 0 Å². The maximum atomic E-state index is 11.2. The highest BCUT2D eigenvalue weighted by Gasteiger charge is 2.12. The van der Waals surface area contributed by atoms with E-state index >= 15 is 0 Å². The minimum atomic E-state index is -0.113. The van der Waals surface area contributed by atoms with Crippen molar-refractivity contribution in [3.05, 3.63) is 28.8 Å². The van der Waals surface area contributed by atoms with E-state index in [9.17, 15) is 9.59 Å². The third kappa shape index (κ3) is 1.66. The van der Waals surface area contributed by atoms with Crippen molar-refractivity contribution in [2.24, 2.45) is 0 Å². The molecule has 0 atom stereocenters. The summed E-state index contributed by atoms with van der Waals surface area (Å²) in [5.41, 5.74) is 1.56. The van der Waals surface area contributed by atoms with Crippen LogP contribution in [-0.2, 0) is 0 Å². The minimum absolute atomic E-state index is 0.113. The molecule has 0 aliphatic carbocycles. The number of methoxy groups -OCH3 is 1. The summed E-state index contributed by atoms with van der Waals surface area (Å²) in [4.78, 5) is 22.0. The van der Waals surface area contributed by atoms with Crippen molar-refractivity contribution < 1.29 is 14.3 Å². The average molecular weight is 192 g/mol. The summed E-state index contributed by atoms with van der Waals surface area (Å²) in [6.45, 7) is 3.20. The Balaban J connectivity index is 3.43. The van der Waals surface area contributed by atoms with Gasteiger partial charge in [0.25, 0.3) is 0 Å². The van der Waals surface area contributed by atoms with Gasteiger partial charge < -0.3 is 4.74 Å². The quantitative estimate of drug-likeness (QED) is 0.543. The Hall–Kier alpha value is -1.64. The van der Waals surface area contributed by atoms with Gasteiger partial charge in [-0.15, -0.1) is 0 Å². The van der Waals surface area contributed by atoms with Crippen LogP contribution in [0.5, 0.6) is 5.75 Å². The average Bonchev–Trinajstić information content (AvgIpc) is 2.17. The van der Waals surface area contributed by atoms with E-state index < -0.39 is 0 Å². The van der Waals surface area contributed by atoms with E-state index in [0.29, 0.717) is 28.7 Å². The highest BCUT2D eigenvalue weighted by molar-refractivity contribution is 6.02. The van der Waals surface area contributed by atoms with E-state index in [2.05, 4.69) is 0 Å². The monoisotopic (exact) mass is 192 g/mol. The minimum Gasteiger partial charge on any atom is -0.496 e. The van der Waals surface area contributed by atoms with Crippen molar-refractivity contribution in [3.8, 4) is 5.75 Å². The fraction of sp³-hybridized carbons (Fsp3) is 0.273. The zero-order valence-electron chi connectivity index (χ0n) is 8.46. The van der Waals surface area contributed by atoms with E-state index in [1.54, 1.807) is 19.1 Å². The van der Waals surface area contributed by atoms with Crippen LogP contribution in [0, 0.1) is 6.92 Å². The molecule has 0 heterocycles. The van der Waals surface area contributed by atoms with Gasteiger partial charge in [0, 0.05) is 16.7 Å². The number of ether oxygens (including phenoxy) is 1. The van der Waals surface area contributed by atoms with Crippen LogP contribution in [0.2, 0.25) is 0 Å². The van der Waals surface area contributed by atoms with Gasteiger partial charge in [0.05, 0.1) is 7.11 Å². The summed E-state index contributed by atoms with van der Waals surface area (Å²) in [6.07, 6.45) is 0.689. The highest BCUT2D eigenvalue weighted by atomic mass is 16.5. The van der Waals surface area contributed by atoms with Crippen LogP contribution in [-0.4, -0.2) is 19.2 Å². The summed E-state index contributed by atoms with van der Waals surface area (Å²) in [6, 6.07) is 3.30. The van der Waals surface area contributed by atoms with Crippen LogP contribution in [0.4, 0.5) is 0 Å². The largest absolute Gasteiger partial charge is 0.496 e. The normalized spacial score (nSPS) is 9.64. The van der Waals surface area contributed by atoms with Gasteiger partial charge in [-0.25, -0.2) is 0 Å². The number of carbonyl (C=O) groups excluding carboxylic acids is 2. The number of carbonyl (C=O) groups is 2. The molecule has 0 aromatic heterocycles. The third-order valence-electron chi connectivity index (χ3n) is 2.18. The number of hydrogen-bond donors (Lipinski definition) is 0. The van der Waals surface area contributed by atoms with Gasteiger partial charge in [0.15, 0.2) is 12.1 Å². The van der Waals surface area contributed by atoms with Gasteiger partial charge in [0.2, 0.25) is 0 Å². The summed E-state index contributed by atoms with van der Waals surface area (Å²) < 4.78 is 5.05. The molecule has 0 aliphatic rings. The van der Waals surface area contributed by atoms with E-state index in [1.165, 1.54) is 14.0 Å². The van der Waals surface area contributed by atoms with Gasteiger partial charge in [-0.05, 0) is 26.0 Å². The second-order valence-corrected chi connectivity index (χ2v) is 3.03. The van der Waals surface area contributed by atoms with E-state index in [0.717, 1.165) is 0 Å². The van der Waals surface area contributed by atoms with Crippen LogP contribution < -0.4 is 4.74 Å². The van der Waals surface area contributed by atoms with Gasteiger partial charge in [0.1, 0.15) is 5.75 Å². The molecule has 0 radical (unpaired) electrons. The molecule has 1 aromatic rings. The Morgan fingerprint density at radius 3 is 2.50 bits per heavy atom. The molecule has 0 amide bonds. The molecule has 74 valence electrons. The standard InChI is InChI=1S/C11H12O3/c1-7-10(6-12)9(8(2)13)4-5-11(7)14-3/h4-6H,1-3H3. The fourth-order valence-corrected chi connectivity index (χ4v) is 1.39. The lowest BCUT2D eigenvalue weighted by atomic mass is 9.99. The first kappa shape index (κ1) is 10.4. The molecule has 0 bridgehead atoms. The maximum Gasteiger partial charge on any atom is 0.160 e. The van der Waals surface area contributed by atoms with E-state index in [-0.39, 0.29) is 5.78 Å². The Morgan fingerprint density at radius 1 is 1.43 bits per heavy atom. The topological polar surface area (TPSA) is 43.4 Å². The molecule has 0 aliphatic heterocycles. The summed E-state index contributed by atoms with van der Waals surface area (Å²) >= 11 is 0. The van der Waals surface area contributed by atoms with Gasteiger partial charge in [-0.2, -0.15) is 0 Å². The predicted molar refractivity (Wildman–Crippen MR) is 53.1 cm³/mol. The molecule has 3 nitrogen and oxygen atoms in total. The Bertz CT molecular complexity index is 380. The lowest BCUT2D eigenvalue weighted by Gasteiger charge is -2.09. The van der Waals surface area contributed by atoms with Crippen LogP contribution in [0.1, 0.15) is 33.2 Å². The van der Waals surface area contributed by atoms with Crippen molar-refractivity contribution in [3.63, 3.8) is 0 Å². The Morgan fingerprint density at radius 2 is 2.07 bits per heavy atom. The summed E-state index contributed by atoms with van der Waals surface area (Å²) in [5, 5.41) is 0. The van der Waals surface area contributed by atoms with Crippen molar-refractivity contribution >= 4 is 12.1 Å². The van der Waals surface area contributed by atoms with E-state index in [4.69, 9.17) is 4.74 Å². The number of Topliss-reactive ketones (excluding diaryl/α,β-unsaturated/α-hetero) is 1. The first-order valence-corrected chi connectivity index (χ1v) is 4.25. The first-order chi connectivity index (χ1) is 6.61. The molecule has 0 unspecified atom stereocenters. The molecule has 0 spiro atoms. The molecule has 3 heteroatoms. The van der Waals surface area contributed by atoms with Crippen LogP contribution >= 0.6 is 0 Å². The maximum absolute atomic E-state index is 11.2. The van der Waals surface area contributed by atoms with Crippen LogP contribution in [0.15, 0.2) is 12.1 Å². The molecule has 14 heavy (non-hydrogen) atoms. The highest BCUT2D eigenvalue weighted by Crippen LogP contribution is 2.23. The van der Waals surface area contributed by atoms with E-state index in [1.807, 2.05) is 0 Å². The Labute approximate surface area is 82.7 Å². The smallest absolute Gasteiger partial charge is 0.160 e. The lowest BCUT2D eigenvalue weighted by Crippen LogP contribution is -2.02. The number of ketones is 1. The third-order valence-corrected chi connectivity index (χ3v) is 2.18. The molecule has 1 aromatic carbocycles. The van der Waals surface area contributed by atoms with Crippen LogP contribution in [0.25, 0.3) is 0 Å². The SMILES string of the molecule is COc1ccc(C(C)=O)c(C=O)c1C. The number of hydrogen-bond acceptors (Lipinski definition) is 3. The predicted octanol–water partition coefficient (Wildman–Crippen LogP) is 2.02. The van der Waals surface area contributed by atoms with Crippen LogP contribution in [0.3, 0.4) is 0 Å². The second-order valence-electron chi connectivity index (χ2n) is 3.03. The summed E-state index contributed by atoms with van der Waals surface area (Å²) in [7, 11) is 1.53.